The molecule has 0 amide bonds. The molecule has 0 radical (unpaired) electrons. The van der Waals surface area contributed by atoms with Crippen molar-refractivity contribution in [2.45, 2.75) is 188 Å². The van der Waals surface area contributed by atoms with Crippen molar-refractivity contribution in [3.8, 4) is 0 Å². The Morgan fingerprint density at radius 1 is 0.314 bits per heavy atom. The summed E-state index contributed by atoms with van der Waals surface area (Å²) in [7, 11) is 16.0. The Kier molecular flexibility index (Phi) is 8.86. The summed E-state index contributed by atoms with van der Waals surface area (Å²) in [4.78, 5) is 0. The summed E-state index contributed by atoms with van der Waals surface area (Å²) in [6.07, 6.45) is 36.3. The summed E-state index contributed by atoms with van der Waals surface area (Å²) >= 11 is 0. The van der Waals surface area contributed by atoms with Gasteiger partial charge in [-0.1, -0.05) is 0 Å². The van der Waals surface area contributed by atoms with Crippen LogP contribution >= 0.6 is 32.5 Å². The third-order valence-corrected chi connectivity index (χ3v) is 55.2. The third kappa shape index (κ3) is 4.31. The molecule has 35 heavy (non-hydrogen) atoms. The van der Waals surface area contributed by atoms with E-state index in [1.54, 1.807) is 0 Å². The molecule has 0 atom stereocenters. The van der Waals surface area contributed by atoms with Crippen LogP contribution in [0.5, 0.6) is 0 Å². The second kappa shape index (κ2) is 11.4. The van der Waals surface area contributed by atoms with Gasteiger partial charge in [-0.3, -0.25) is 0 Å². The molecule has 0 N–H and O–H groups in total. The normalized spacial score (nSPS) is 31.4. The molecule has 6 rings (SSSR count). The molecule has 0 saturated heterocycles. The average molecular weight is 608 g/mol. The molecule has 0 unspecified atom stereocenters. The number of hydrogen-bond donors (Lipinski definition) is 0. The van der Waals surface area contributed by atoms with Crippen LogP contribution in [0.3, 0.4) is 0 Å². The minimum absolute atomic E-state index is 1.000. The minimum atomic E-state index is -1.88. The Balaban J connectivity index is 1.57. The molecule has 6 fully saturated rings. The van der Waals surface area contributed by atoms with Gasteiger partial charge in [-0.2, -0.15) is 0 Å². The second-order valence-corrected chi connectivity index (χ2v) is 40.0. The SMILES string of the molecule is [Cl][Ni]([Cl])([PH](C1CCCC1)(C1CCCC1)C1CCCC1)[PH](C1CCCC1)(C1CCCC1)C1CCCC1. The van der Waals surface area contributed by atoms with E-state index >= 15 is 0 Å². The van der Waals surface area contributed by atoms with Gasteiger partial charge in [-0.15, -0.1) is 0 Å². The van der Waals surface area contributed by atoms with Crippen molar-refractivity contribution in [2.24, 2.45) is 0 Å². The first-order chi connectivity index (χ1) is 17.1. The van der Waals surface area contributed by atoms with Gasteiger partial charge in [-0.25, -0.2) is 0 Å². The Labute approximate surface area is 229 Å². The first-order valence-electron chi connectivity index (χ1n) is 16.2. The molecule has 0 aliphatic heterocycles. The van der Waals surface area contributed by atoms with Crippen molar-refractivity contribution in [2.75, 3.05) is 0 Å². The van der Waals surface area contributed by atoms with Crippen molar-refractivity contribution in [1.29, 1.82) is 0 Å². The maximum atomic E-state index is 8.84. The fourth-order valence-electron chi connectivity index (χ4n) is 11.3. The van der Waals surface area contributed by atoms with Crippen LogP contribution < -0.4 is 0 Å². The molecular weight excluding hydrogens is 552 g/mol. The zero-order valence-electron chi connectivity index (χ0n) is 22.5. The van der Waals surface area contributed by atoms with E-state index in [0.717, 1.165) is 34.0 Å². The van der Waals surface area contributed by atoms with E-state index in [-0.39, 0.29) is 0 Å². The van der Waals surface area contributed by atoms with Gasteiger partial charge in [-0.05, 0) is 0 Å². The molecule has 5 heteroatoms. The summed E-state index contributed by atoms with van der Waals surface area (Å²) in [6.45, 7) is 0. The van der Waals surface area contributed by atoms with E-state index in [9.17, 15) is 0 Å². The van der Waals surface area contributed by atoms with Gasteiger partial charge in [0.1, 0.15) is 0 Å². The van der Waals surface area contributed by atoms with Gasteiger partial charge in [0, 0.05) is 0 Å². The van der Waals surface area contributed by atoms with Gasteiger partial charge < -0.3 is 0 Å². The van der Waals surface area contributed by atoms with E-state index in [2.05, 4.69) is 0 Å². The summed E-state index contributed by atoms with van der Waals surface area (Å²) in [6, 6.07) is -3.75. The van der Waals surface area contributed by atoms with E-state index in [4.69, 9.17) is 20.4 Å². The molecule has 0 nitrogen and oxygen atoms in total. The monoisotopic (exact) mass is 606 g/mol. The first-order valence-corrected chi connectivity index (χ1v) is 26.0. The second-order valence-electron chi connectivity index (χ2n) is 13.8. The van der Waals surface area contributed by atoms with Crippen molar-refractivity contribution in [1.82, 2.24) is 0 Å². The van der Waals surface area contributed by atoms with Gasteiger partial charge >= 0.3 is 230 Å². The molecule has 6 saturated carbocycles. The predicted octanol–water partition coefficient (Wildman–Crippen LogP) is 11.4. The van der Waals surface area contributed by atoms with Crippen molar-refractivity contribution >= 4 is 32.5 Å². The van der Waals surface area contributed by atoms with Crippen molar-refractivity contribution in [3.63, 3.8) is 0 Å². The van der Waals surface area contributed by atoms with Gasteiger partial charge in [0.2, 0.25) is 0 Å². The van der Waals surface area contributed by atoms with E-state index < -0.39 is 21.8 Å². The van der Waals surface area contributed by atoms with Crippen molar-refractivity contribution < 1.29 is 9.74 Å². The first kappa shape index (κ1) is 27.1. The predicted molar refractivity (Wildman–Crippen MR) is 162 cm³/mol. The van der Waals surface area contributed by atoms with Crippen LogP contribution in [-0.2, 0) is 9.74 Å². The quantitative estimate of drug-likeness (QED) is 0.190. The molecule has 0 aromatic carbocycles. The summed E-state index contributed by atoms with van der Waals surface area (Å²) in [5, 5.41) is 0. The van der Waals surface area contributed by atoms with Gasteiger partial charge in [0.15, 0.2) is 0 Å². The Morgan fingerprint density at radius 2 is 0.457 bits per heavy atom. The Morgan fingerprint density at radius 3 is 0.600 bits per heavy atom. The molecule has 6 aliphatic rings. The van der Waals surface area contributed by atoms with Crippen LogP contribution in [0.15, 0.2) is 0 Å². The number of hydrogen-bond acceptors (Lipinski definition) is 0. The molecule has 0 aromatic rings. The molecule has 0 bridgehead atoms. The summed E-state index contributed by atoms with van der Waals surface area (Å²) < 4.78 is 0. The van der Waals surface area contributed by atoms with E-state index in [0.29, 0.717) is 0 Å². The molecule has 6 aliphatic carbocycles. The van der Waals surface area contributed by atoms with Crippen LogP contribution in [0.1, 0.15) is 154 Å². The molecule has 0 spiro atoms. The molecule has 0 aromatic heterocycles. The fourth-order valence-corrected chi connectivity index (χ4v) is 71.7. The maximum absolute atomic E-state index is 8.84. The fraction of sp³-hybridized carbons (Fsp3) is 1.00. The van der Waals surface area contributed by atoms with Crippen LogP contribution in [-0.4, -0.2) is 34.0 Å². The zero-order chi connectivity index (χ0) is 23.9. The van der Waals surface area contributed by atoms with E-state index in [1.165, 1.54) is 154 Å². The molecule has 0 heterocycles. The Hall–Kier alpha value is 1.93. The summed E-state index contributed by atoms with van der Waals surface area (Å²) in [5.41, 5.74) is 6.00. The van der Waals surface area contributed by atoms with Crippen LogP contribution in [0.25, 0.3) is 0 Å². The number of rotatable bonds is 8. The average Bonchev–Trinajstić information content (AvgIpc) is 3.68. The van der Waals surface area contributed by atoms with Gasteiger partial charge in [0.05, 0.1) is 0 Å². The van der Waals surface area contributed by atoms with Crippen LogP contribution in [0.4, 0.5) is 0 Å². The van der Waals surface area contributed by atoms with Crippen LogP contribution in [0.2, 0.25) is 0 Å². The topological polar surface area (TPSA) is 0 Å². The third-order valence-electron chi connectivity index (χ3n) is 12.4. The number of halogens is 2. The zero-order valence-corrected chi connectivity index (χ0v) is 27.0. The molecular formula is C30H56Cl2NiP2. The summed E-state index contributed by atoms with van der Waals surface area (Å²) in [5.74, 6) is 0. The van der Waals surface area contributed by atoms with E-state index in [1.807, 2.05) is 0 Å². The standard InChI is InChI=1S/2C15H27P.2ClH.Ni/c2*1-2-8-13(7-1)16(14-9-3-4-10-14)15-11-5-6-12-15;;;/h2*13-15H,1-12H2;2*1H;. The van der Waals surface area contributed by atoms with Gasteiger partial charge in [0.25, 0.3) is 0 Å². The Bertz CT molecular complexity index is 554. The molecule has 210 valence electrons. The van der Waals surface area contributed by atoms with Crippen LogP contribution in [0, 0.1) is 0 Å². The van der Waals surface area contributed by atoms with Crippen molar-refractivity contribution in [3.05, 3.63) is 0 Å².